The first-order valence-corrected chi connectivity index (χ1v) is 11.6. The van der Waals surface area contributed by atoms with Crippen molar-refractivity contribution < 1.29 is 9.53 Å². The third kappa shape index (κ3) is 4.75. The number of benzene rings is 2. The predicted octanol–water partition coefficient (Wildman–Crippen LogP) is 5.16. The van der Waals surface area contributed by atoms with E-state index < -0.39 is 5.25 Å². The standard InChI is InChI=1S/C25H23N5O2S/c1-32-21-13-9-19(10-14-21)27-24(31)22(17-6-3-2-4-7-17)33-25-29-28-23(30(25)20-11-12-20)18-8-5-15-26-16-18/h2-10,13-16,20,22H,11-12H2,1H3,(H,27,31). The molecule has 2 aromatic carbocycles. The second-order valence-electron chi connectivity index (χ2n) is 7.78. The van der Waals surface area contributed by atoms with Crippen molar-refractivity contribution in [3.05, 3.63) is 84.7 Å². The maximum Gasteiger partial charge on any atom is 0.242 e. The van der Waals surface area contributed by atoms with Gasteiger partial charge in [-0.15, -0.1) is 10.2 Å². The van der Waals surface area contributed by atoms with Gasteiger partial charge in [0.1, 0.15) is 11.0 Å². The van der Waals surface area contributed by atoms with Crippen LogP contribution in [0.2, 0.25) is 0 Å². The van der Waals surface area contributed by atoms with Crippen LogP contribution < -0.4 is 10.1 Å². The number of hydrogen-bond acceptors (Lipinski definition) is 6. The van der Waals surface area contributed by atoms with Gasteiger partial charge >= 0.3 is 0 Å². The number of ether oxygens (including phenoxy) is 1. The Kier molecular flexibility index (Phi) is 6.08. The number of nitrogens with one attached hydrogen (secondary N) is 1. The van der Waals surface area contributed by atoms with E-state index in [1.54, 1.807) is 19.5 Å². The van der Waals surface area contributed by atoms with E-state index in [4.69, 9.17) is 4.74 Å². The summed E-state index contributed by atoms with van der Waals surface area (Å²) in [5.74, 6) is 1.41. The largest absolute Gasteiger partial charge is 0.497 e. The molecule has 33 heavy (non-hydrogen) atoms. The minimum Gasteiger partial charge on any atom is -0.497 e. The Labute approximate surface area is 196 Å². The molecule has 0 bridgehead atoms. The predicted molar refractivity (Wildman–Crippen MR) is 128 cm³/mol. The van der Waals surface area contributed by atoms with Crippen molar-refractivity contribution in [3.8, 4) is 17.1 Å². The van der Waals surface area contributed by atoms with Crippen molar-refractivity contribution in [2.75, 3.05) is 12.4 Å². The number of anilines is 1. The summed E-state index contributed by atoms with van der Waals surface area (Å²) >= 11 is 1.42. The highest BCUT2D eigenvalue weighted by Gasteiger charge is 2.33. The highest BCUT2D eigenvalue weighted by molar-refractivity contribution is 8.00. The fourth-order valence-electron chi connectivity index (χ4n) is 3.60. The Balaban J connectivity index is 1.46. The molecule has 7 nitrogen and oxygen atoms in total. The Bertz CT molecular complexity index is 1220. The van der Waals surface area contributed by atoms with Crippen LogP contribution in [0.1, 0.15) is 29.7 Å². The van der Waals surface area contributed by atoms with Gasteiger partial charge in [0.15, 0.2) is 11.0 Å². The fraction of sp³-hybridized carbons (Fsp3) is 0.200. The van der Waals surface area contributed by atoms with Gasteiger partial charge in [0.05, 0.1) is 7.11 Å². The van der Waals surface area contributed by atoms with Crippen LogP contribution in [0, 0.1) is 0 Å². The Morgan fingerprint density at radius 1 is 1.06 bits per heavy atom. The van der Waals surface area contributed by atoms with Gasteiger partial charge in [0, 0.05) is 29.7 Å². The zero-order valence-corrected chi connectivity index (χ0v) is 18.9. The summed E-state index contributed by atoms with van der Waals surface area (Å²) in [6.07, 6.45) is 5.69. The van der Waals surface area contributed by atoms with Crippen LogP contribution in [-0.4, -0.2) is 32.8 Å². The van der Waals surface area contributed by atoms with Crippen LogP contribution in [0.5, 0.6) is 5.75 Å². The molecule has 8 heteroatoms. The molecule has 2 aromatic heterocycles. The summed E-state index contributed by atoms with van der Waals surface area (Å²) in [6, 6.07) is 21.3. The molecular formula is C25H23N5O2S. The number of methoxy groups -OCH3 is 1. The Morgan fingerprint density at radius 3 is 2.52 bits per heavy atom. The molecule has 1 atom stereocenters. The highest BCUT2D eigenvalue weighted by Crippen LogP contribution is 2.44. The maximum atomic E-state index is 13.4. The summed E-state index contributed by atoms with van der Waals surface area (Å²) in [4.78, 5) is 17.6. The topological polar surface area (TPSA) is 81.9 Å². The van der Waals surface area contributed by atoms with Gasteiger partial charge in [-0.25, -0.2) is 0 Å². The third-order valence-corrected chi connectivity index (χ3v) is 6.63. The van der Waals surface area contributed by atoms with Crippen LogP contribution in [0.4, 0.5) is 5.69 Å². The molecular weight excluding hydrogens is 434 g/mol. The van der Waals surface area contributed by atoms with E-state index >= 15 is 0 Å². The lowest BCUT2D eigenvalue weighted by atomic mass is 10.1. The van der Waals surface area contributed by atoms with E-state index in [0.29, 0.717) is 11.7 Å². The van der Waals surface area contributed by atoms with Crippen molar-refractivity contribution in [2.24, 2.45) is 0 Å². The minimum atomic E-state index is -0.489. The number of aromatic nitrogens is 4. The van der Waals surface area contributed by atoms with Gasteiger partial charge in [-0.05, 0) is 54.8 Å². The van der Waals surface area contributed by atoms with Crippen molar-refractivity contribution in [3.63, 3.8) is 0 Å². The molecule has 1 saturated carbocycles. The van der Waals surface area contributed by atoms with Gasteiger partial charge in [-0.3, -0.25) is 14.3 Å². The maximum absolute atomic E-state index is 13.4. The molecule has 5 rings (SSSR count). The number of rotatable bonds is 8. The van der Waals surface area contributed by atoms with Gasteiger partial charge in [0.25, 0.3) is 0 Å². The average Bonchev–Trinajstić information content (AvgIpc) is 3.63. The molecule has 1 N–H and O–H groups in total. The summed E-state index contributed by atoms with van der Waals surface area (Å²) < 4.78 is 7.36. The normalized spacial score (nSPS) is 14.0. The zero-order valence-electron chi connectivity index (χ0n) is 18.1. The number of carbonyl (C=O) groups is 1. The first-order chi connectivity index (χ1) is 16.2. The first kappa shape index (κ1) is 21.2. The summed E-state index contributed by atoms with van der Waals surface area (Å²) in [7, 11) is 1.62. The van der Waals surface area contributed by atoms with Gasteiger partial charge in [-0.2, -0.15) is 0 Å². The molecule has 0 saturated heterocycles. The number of hydrogen-bond donors (Lipinski definition) is 1. The lowest BCUT2D eigenvalue weighted by Gasteiger charge is -2.17. The Hall–Kier alpha value is -3.65. The van der Waals surface area contributed by atoms with E-state index in [-0.39, 0.29) is 5.91 Å². The van der Waals surface area contributed by atoms with Crippen LogP contribution in [-0.2, 0) is 4.79 Å². The van der Waals surface area contributed by atoms with Gasteiger partial charge in [-0.1, -0.05) is 42.1 Å². The first-order valence-electron chi connectivity index (χ1n) is 10.7. The van der Waals surface area contributed by atoms with Crippen molar-refractivity contribution in [1.29, 1.82) is 0 Å². The SMILES string of the molecule is COc1ccc(NC(=O)C(Sc2nnc(-c3cccnc3)n2C2CC2)c2ccccc2)cc1. The summed E-state index contributed by atoms with van der Waals surface area (Å²) in [5.41, 5.74) is 2.53. The molecule has 0 radical (unpaired) electrons. The highest BCUT2D eigenvalue weighted by atomic mass is 32.2. The van der Waals surface area contributed by atoms with Crippen LogP contribution >= 0.6 is 11.8 Å². The molecule has 1 amide bonds. The second-order valence-corrected chi connectivity index (χ2v) is 8.85. The quantitative estimate of drug-likeness (QED) is 0.368. The van der Waals surface area contributed by atoms with Gasteiger partial charge in [0.2, 0.25) is 5.91 Å². The molecule has 4 aromatic rings. The van der Waals surface area contributed by atoms with Crippen molar-refractivity contribution in [1.82, 2.24) is 19.7 Å². The van der Waals surface area contributed by atoms with E-state index in [9.17, 15) is 4.79 Å². The number of carbonyl (C=O) groups excluding carboxylic acids is 1. The molecule has 166 valence electrons. The molecule has 0 spiro atoms. The van der Waals surface area contributed by atoms with Crippen molar-refractivity contribution >= 4 is 23.4 Å². The van der Waals surface area contributed by atoms with Crippen molar-refractivity contribution in [2.45, 2.75) is 29.3 Å². The van der Waals surface area contributed by atoms with Crippen LogP contribution in [0.25, 0.3) is 11.4 Å². The monoisotopic (exact) mass is 457 g/mol. The number of nitrogens with zero attached hydrogens (tertiary/aromatic N) is 4. The molecule has 2 heterocycles. The summed E-state index contributed by atoms with van der Waals surface area (Å²) in [5, 5.41) is 12.2. The third-order valence-electron chi connectivity index (χ3n) is 5.42. The minimum absolute atomic E-state index is 0.121. The Morgan fingerprint density at radius 2 is 1.85 bits per heavy atom. The zero-order chi connectivity index (χ0) is 22.6. The van der Waals surface area contributed by atoms with Gasteiger partial charge < -0.3 is 10.1 Å². The number of amides is 1. The average molecular weight is 458 g/mol. The number of thioether (sulfide) groups is 1. The lowest BCUT2D eigenvalue weighted by molar-refractivity contribution is -0.115. The molecule has 1 aliphatic carbocycles. The smallest absolute Gasteiger partial charge is 0.242 e. The van der Waals surface area contributed by atoms with E-state index in [2.05, 4.69) is 25.1 Å². The summed E-state index contributed by atoms with van der Waals surface area (Å²) in [6.45, 7) is 0. The molecule has 0 aliphatic heterocycles. The van der Waals surface area contributed by atoms with E-state index in [0.717, 1.165) is 40.7 Å². The lowest BCUT2D eigenvalue weighted by Crippen LogP contribution is -2.19. The van der Waals surface area contributed by atoms with Crippen LogP contribution in [0.15, 0.2) is 84.3 Å². The molecule has 1 aliphatic rings. The number of pyridine rings is 1. The van der Waals surface area contributed by atoms with Crippen LogP contribution in [0.3, 0.4) is 0 Å². The van der Waals surface area contributed by atoms with E-state index in [1.807, 2.05) is 66.7 Å². The second kappa shape index (κ2) is 9.46. The molecule has 1 unspecified atom stereocenters. The fourth-order valence-corrected chi connectivity index (χ4v) is 4.71. The van der Waals surface area contributed by atoms with E-state index in [1.165, 1.54) is 11.8 Å². The molecule has 1 fully saturated rings.